The molecular weight excluding hydrogens is 338 g/mol. The highest BCUT2D eigenvalue weighted by Gasteiger charge is 2.20. The Labute approximate surface area is 148 Å². The maximum atomic E-state index is 12.6. The van der Waals surface area contributed by atoms with E-state index in [2.05, 4.69) is 10.3 Å². The van der Waals surface area contributed by atoms with E-state index in [4.69, 9.17) is 0 Å². The Hall–Kier alpha value is -2.91. The second-order valence-corrected chi connectivity index (χ2v) is 6.10. The minimum absolute atomic E-state index is 0.0302. The summed E-state index contributed by atoms with van der Waals surface area (Å²) in [5, 5.41) is 22.2. The molecule has 0 saturated carbocycles. The van der Waals surface area contributed by atoms with Crippen molar-refractivity contribution in [2.45, 2.75) is 19.2 Å². The quantitative estimate of drug-likeness (QED) is 0.541. The van der Waals surface area contributed by atoms with Crippen molar-refractivity contribution in [1.29, 1.82) is 0 Å². The number of aryl methyl sites for hydroxylation is 1. The monoisotopic (exact) mass is 359 g/mol. The van der Waals surface area contributed by atoms with Crippen molar-refractivity contribution < 1.29 is 10.2 Å². The largest absolute Gasteiger partial charge is 0.394 e. The van der Waals surface area contributed by atoms with Gasteiger partial charge in [0.1, 0.15) is 0 Å². The topological polar surface area (TPSA) is 114 Å². The van der Waals surface area contributed by atoms with Gasteiger partial charge in [-0.1, -0.05) is 30.3 Å². The van der Waals surface area contributed by atoms with Gasteiger partial charge in [0.15, 0.2) is 11.2 Å². The fourth-order valence-corrected chi connectivity index (χ4v) is 2.80. The Kier molecular flexibility index (Phi) is 4.92. The number of benzene rings is 1. The molecule has 2 aromatic heterocycles. The standard InChI is InChI=1S/C17H21N5O4/c1-20-14-13(15(25)21(2)17(20)26)22(9-12(24)10-23)16(19-14)18-8-11-6-4-3-5-7-11/h3-7,12,23-24H,8-10H2,1-2H3,(H,18,19). The lowest BCUT2D eigenvalue weighted by atomic mass is 10.2. The van der Waals surface area contributed by atoms with Crippen LogP contribution in [0.2, 0.25) is 0 Å². The summed E-state index contributed by atoms with van der Waals surface area (Å²) >= 11 is 0. The predicted octanol–water partition coefficient (Wildman–Crippen LogP) is -0.601. The number of aromatic nitrogens is 4. The zero-order chi connectivity index (χ0) is 18.8. The lowest BCUT2D eigenvalue weighted by Gasteiger charge is -2.13. The van der Waals surface area contributed by atoms with Gasteiger partial charge in [0.2, 0.25) is 5.95 Å². The molecule has 9 heteroatoms. The molecular formula is C17H21N5O4. The predicted molar refractivity (Wildman–Crippen MR) is 97.1 cm³/mol. The third-order valence-electron chi connectivity index (χ3n) is 4.25. The summed E-state index contributed by atoms with van der Waals surface area (Å²) in [6.45, 7) is -0.0326. The minimum atomic E-state index is -1.06. The molecule has 0 amide bonds. The van der Waals surface area contributed by atoms with E-state index < -0.39 is 24.0 Å². The normalized spacial score (nSPS) is 12.5. The van der Waals surface area contributed by atoms with Crippen LogP contribution in [-0.4, -0.2) is 41.6 Å². The maximum absolute atomic E-state index is 12.6. The molecule has 1 unspecified atom stereocenters. The molecule has 0 spiro atoms. The van der Waals surface area contributed by atoms with Gasteiger partial charge in [-0.05, 0) is 5.56 Å². The van der Waals surface area contributed by atoms with E-state index in [1.54, 1.807) is 0 Å². The Balaban J connectivity index is 2.13. The first-order valence-electron chi connectivity index (χ1n) is 8.17. The van der Waals surface area contributed by atoms with Gasteiger partial charge >= 0.3 is 5.69 Å². The fraction of sp³-hybridized carbons (Fsp3) is 0.353. The number of nitrogens with one attached hydrogen (secondary N) is 1. The van der Waals surface area contributed by atoms with E-state index in [-0.39, 0.29) is 17.7 Å². The number of imidazole rings is 1. The number of aliphatic hydroxyl groups excluding tert-OH is 2. The van der Waals surface area contributed by atoms with E-state index in [1.165, 1.54) is 23.2 Å². The van der Waals surface area contributed by atoms with Crippen LogP contribution in [0.5, 0.6) is 0 Å². The van der Waals surface area contributed by atoms with Crippen LogP contribution in [0.3, 0.4) is 0 Å². The van der Waals surface area contributed by atoms with Gasteiger partial charge in [0, 0.05) is 20.6 Å². The number of nitrogens with zero attached hydrogens (tertiary/aromatic N) is 4. The van der Waals surface area contributed by atoms with Crippen LogP contribution in [-0.2, 0) is 27.2 Å². The molecule has 0 aliphatic heterocycles. The SMILES string of the molecule is Cn1c(=O)c2c(nc(NCc3ccccc3)n2CC(O)CO)n(C)c1=O. The third-order valence-corrected chi connectivity index (χ3v) is 4.25. The molecule has 0 saturated heterocycles. The van der Waals surface area contributed by atoms with Gasteiger partial charge in [-0.25, -0.2) is 4.79 Å². The van der Waals surface area contributed by atoms with Crippen molar-refractivity contribution >= 4 is 17.1 Å². The molecule has 138 valence electrons. The summed E-state index contributed by atoms with van der Waals surface area (Å²) in [5.74, 6) is 0.342. The van der Waals surface area contributed by atoms with Crippen LogP contribution in [0, 0.1) is 0 Å². The molecule has 0 radical (unpaired) electrons. The number of aliphatic hydroxyl groups is 2. The molecule has 3 rings (SSSR count). The molecule has 9 nitrogen and oxygen atoms in total. The molecule has 3 aromatic rings. The summed E-state index contributed by atoms with van der Waals surface area (Å²) < 4.78 is 3.78. The summed E-state index contributed by atoms with van der Waals surface area (Å²) in [7, 11) is 2.92. The molecule has 0 aliphatic carbocycles. The van der Waals surface area contributed by atoms with Gasteiger partial charge in [-0.2, -0.15) is 4.98 Å². The number of rotatable bonds is 6. The molecule has 0 bridgehead atoms. The molecule has 3 N–H and O–H groups in total. The zero-order valence-electron chi connectivity index (χ0n) is 14.6. The summed E-state index contributed by atoms with van der Waals surface area (Å²) in [6, 6.07) is 9.62. The van der Waals surface area contributed by atoms with E-state index >= 15 is 0 Å². The van der Waals surface area contributed by atoms with Gasteiger partial charge in [0.05, 0.1) is 19.3 Å². The molecule has 0 fully saturated rings. The van der Waals surface area contributed by atoms with E-state index in [9.17, 15) is 19.8 Å². The summed E-state index contributed by atoms with van der Waals surface area (Å²) in [5.41, 5.74) is 0.435. The van der Waals surface area contributed by atoms with Crippen LogP contribution >= 0.6 is 0 Å². The Morgan fingerprint density at radius 2 is 1.85 bits per heavy atom. The first-order valence-corrected chi connectivity index (χ1v) is 8.17. The number of anilines is 1. The number of hydrogen-bond donors (Lipinski definition) is 3. The van der Waals surface area contributed by atoms with Gasteiger partial charge in [-0.15, -0.1) is 0 Å². The Morgan fingerprint density at radius 3 is 2.50 bits per heavy atom. The zero-order valence-corrected chi connectivity index (χ0v) is 14.6. The van der Waals surface area contributed by atoms with Crippen molar-refractivity contribution in [2.75, 3.05) is 11.9 Å². The van der Waals surface area contributed by atoms with E-state index in [1.807, 2.05) is 30.3 Å². The van der Waals surface area contributed by atoms with Crippen molar-refractivity contribution in [1.82, 2.24) is 18.7 Å². The van der Waals surface area contributed by atoms with Crippen molar-refractivity contribution in [3.63, 3.8) is 0 Å². The van der Waals surface area contributed by atoms with Crippen LogP contribution in [0.4, 0.5) is 5.95 Å². The average Bonchev–Trinajstić information content (AvgIpc) is 3.02. The first-order chi connectivity index (χ1) is 12.4. The number of fused-ring (bicyclic) bond motifs is 1. The van der Waals surface area contributed by atoms with E-state index in [0.29, 0.717) is 12.5 Å². The van der Waals surface area contributed by atoms with Gasteiger partial charge in [0.25, 0.3) is 5.56 Å². The van der Waals surface area contributed by atoms with Crippen molar-refractivity contribution in [3.8, 4) is 0 Å². The van der Waals surface area contributed by atoms with Crippen molar-refractivity contribution in [2.24, 2.45) is 14.1 Å². The summed E-state index contributed by atoms with van der Waals surface area (Å²) in [6.07, 6.45) is -1.06. The van der Waals surface area contributed by atoms with E-state index in [0.717, 1.165) is 10.1 Å². The molecule has 0 aliphatic rings. The molecule has 2 heterocycles. The second kappa shape index (κ2) is 7.14. The minimum Gasteiger partial charge on any atom is -0.394 e. The Bertz CT molecular complexity index is 1040. The highest BCUT2D eigenvalue weighted by Crippen LogP contribution is 2.17. The van der Waals surface area contributed by atoms with Crippen LogP contribution < -0.4 is 16.6 Å². The van der Waals surface area contributed by atoms with Crippen LogP contribution in [0.1, 0.15) is 5.56 Å². The Morgan fingerprint density at radius 1 is 1.15 bits per heavy atom. The van der Waals surface area contributed by atoms with Crippen LogP contribution in [0.15, 0.2) is 39.9 Å². The van der Waals surface area contributed by atoms with Crippen LogP contribution in [0.25, 0.3) is 11.2 Å². The van der Waals surface area contributed by atoms with Gasteiger partial charge < -0.3 is 20.1 Å². The fourth-order valence-electron chi connectivity index (χ4n) is 2.80. The lowest BCUT2D eigenvalue weighted by Crippen LogP contribution is -2.38. The number of hydrogen-bond acceptors (Lipinski definition) is 6. The smallest absolute Gasteiger partial charge is 0.332 e. The highest BCUT2D eigenvalue weighted by atomic mass is 16.3. The highest BCUT2D eigenvalue weighted by molar-refractivity contribution is 5.74. The first kappa shape index (κ1) is 17.9. The van der Waals surface area contributed by atoms with Gasteiger partial charge in [-0.3, -0.25) is 13.9 Å². The lowest BCUT2D eigenvalue weighted by molar-refractivity contribution is 0.0824. The molecule has 1 atom stereocenters. The second-order valence-electron chi connectivity index (χ2n) is 6.10. The average molecular weight is 359 g/mol. The molecule has 26 heavy (non-hydrogen) atoms. The third kappa shape index (κ3) is 3.14. The molecule has 1 aromatic carbocycles. The van der Waals surface area contributed by atoms with Crippen molar-refractivity contribution in [3.05, 3.63) is 56.7 Å². The summed E-state index contributed by atoms with van der Waals surface area (Å²) in [4.78, 5) is 29.1. The maximum Gasteiger partial charge on any atom is 0.332 e.